The van der Waals surface area contributed by atoms with E-state index >= 15 is 0 Å². The number of carboxylic acid groups (broad SMARTS) is 1. The summed E-state index contributed by atoms with van der Waals surface area (Å²) in [6.07, 6.45) is 7.15. The van der Waals surface area contributed by atoms with Gasteiger partial charge in [0, 0.05) is 18.3 Å². The highest BCUT2D eigenvalue weighted by Gasteiger charge is 2.66. The third-order valence-corrected chi connectivity index (χ3v) is 12.6. The first-order chi connectivity index (χ1) is 17.5. The fourth-order valence-corrected chi connectivity index (χ4v) is 10.0. The van der Waals surface area contributed by atoms with Crippen LogP contribution in [0.4, 0.5) is 0 Å². The Hall–Kier alpha value is -1.62. The Morgan fingerprint density at radius 2 is 1.68 bits per heavy atom. The molecule has 0 spiro atoms. The van der Waals surface area contributed by atoms with E-state index in [1.807, 2.05) is 6.92 Å². The molecule has 0 radical (unpaired) electrons. The normalized spacial score (nSPS) is 41.4. The quantitative estimate of drug-likeness (QED) is 0.267. The monoisotopic (exact) mass is 528 g/mol. The summed E-state index contributed by atoms with van der Waals surface area (Å²) in [5.41, 5.74) is 3.64. The molecule has 0 aromatic carbocycles. The van der Waals surface area contributed by atoms with Gasteiger partial charge in [-0.15, -0.1) is 0 Å². The van der Waals surface area contributed by atoms with Gasteiger partial charge in [-0.2, -0.15) is 0 Å². The smallest absolute Gasteiger partial charge is 0.306 e. The summed E-state index contributed by atoms with van der Waals surface area (Å²) >= 11 is 0. The molecule has 0 aromatic heterocycles. The van der Waals surface area contributed by atoms with E-state index in [1.54, 1.807) is 5.57 Å². The largest absolute Gasteiger partial charge is 0.481 e. The van der Waals surface area contributed by atoms with Gasteiger partial charge in [0.1, 0.15) is 6.10 Å². The van der Waals surface area contributed by atoms with Gasteiger partial charge in [0.05, 0.1) is 12.0 Å². The van der Waals surface area contributed by atoms with E-state index in [-0.39, 0.29) is 45.6 Å². The maximum Gasteiger partial charge on any atom is 0.306 e. The van der Waals surface area contributed by atoms with E-state index in [0.29, 0.717) is 18.8 Å². The van der Waals surface area contributed by atoms with Crippen LogP contribution >= 0.6 is 0 Å². The minimum Gasteiger partial charge on any atom is -0.481 e. The number of carbonyl (C=O) groups is 2. The number of carbonyl (C=O) groups excluding carboxylic acids is 1. The molecule has 0 amide bonds. The standard InChI is InChI=1S/C33H52O5/c1-19(2)20(3)10-11-22(29(36)37)28-25(35)18-33(9)24-12-13-26-30(5,6)27(38-21(4)34)15-16-31(26,7)23(24)14-17-32(28,33)8/h20,22,25-28,35H,1,10-18H2,2-9H3,(H,36,37)/t20?,22-,25-,26+,27-,28?,31?,32?,33+/m1/s1. The molecule has 0 aliphatic heterocycles. The van der Waals surface area contributed by atoms with E-state index in [1.165, 1.54) is 12.5 Å². The molecule has 0 saturated heterocycles. The van der Waals surface area contributed by atoms with Gasteiger partial charge in [-0.05, 0) is 92.8 Å². The lowest BCUT2D eigenvalue weighted by Crippen LogP contribution is -2.56. The van der Waals surface area contributed by atoms with Gasteiger partial charge in [0.25, 0.3) is 0 Å². The zero-order valence-electron chi connectivity index (χ0n) is 25.2. The van der Waals surface area contributed by atoms with Gasteiger partial charge in [-0.3, -0.25) is 9.59 Å². The predicted octanol–water partition coefficient (Wildman–Crippen LogP) is 7.33. The Morgan fingerprint density at radius 1 is 1.03 bits per heavy atom. The molecule has 0 aromatic rings. The van der Waals surface area contributed by atoms with Gasteiger partial charge in [-0.1, -0.05) is 64.8 Å². The first-order valence-corrected chi connectivity index (χ1v) is 15.0. The van der Waals surface area contributed by atoms with Crippen molar-refractivity contribution in [3.8, 4) is 0 Å². The fourth-order valence-electron chi connectivity index (χ4n) is 10.0. The van der Waals surface area contributed by atoms with Gasteiger partial charge >= 0.3 is 11.9 Å². The van der Waals surface area contributed by atoms with Gasteiger partial charge in [-0.25, -0.2) is 0 Å². The Bertz CT molecular complexity index is 1020. The third kappa shape index (κ3) is 4.30. The molecule has 4 aliphatic carbocycles. The van der Waals surface area contributed by atoms with Crippen LogP contribution in [0.15, 0.2) is 23.3 Å². The Balaban J connectivity index is 1.69. The number of hydrogen-bond donors (Lipinski definition) is 2. The highest BCUT2D eigenvalue weighted by atomic mass is 16.5. The molecule has 4 unspecified atom stereocenters. The van der Waals surface area contributed by atoms with Crippen molar-refractivity contribution in [2.75, 3.05) is 0 Å². The van der Waals surface area contributed by atoms with Crippen molar-refractivity contribution in [1.29, 1.82) is 0 Å². The first-order valence-electron chi connectivity index (χ1n) is 15.0. The minimum atomic E-state index is -0.769. The van der Waals surface area contributed by atoms with Crippen molar-refractivity contribution in [3.05, 3.63) is 23.3 Å². The van der Waals surface area contributed by atoms with Crippen LogP contribution < -0.4 is 0 Å². The zero-order chi connectivity index (χ0) is 28.4. The van der Waals surface area contributed by atoms with Crippen LogP contribution in [0.5, 0.6) is 0 Å². The molecule has 2 N–H and O–H groups in total. The van der Waals surface area contributed by atoms with Crippen molar-refractivity contribution in [2.24, 2.45) is 45.3 Å². The second-order valence-electron chi connectivity index (χ2n) is 14.7. The van der Waals surface area contributed by atoms with Gasteiger partial charge in [0.2, 0.25) is 0 Å². The predicted molar refractivity (Wildman–Crippen MR) is 150 cm³/mol. The van der Waals surface area contributed by atoms with Crippen LogP contribution in [0, 0.1) is 45.3 Å². The second-order valence-corrected chi connectivity index (χ2v) is 14.7. The van der Waals surface area contributed by atoms with Crippen LogP contribution in [0.1, 0.15) is 113 Å². The average molecular weight is 529 g/mol. The summed E-state index contributed by atoms with van der Waals surface area (Å²) in [6.45, 7) is 21.3. The fraction of sp³-hybridized carbons (Fsp3) is 0.818. The van der Waals surface area contributed by atoms with Crippen LogP contribution in [0.25, 0.3) is 0 Å². The second kappa shape index (κ2) is 9.78. The number of carboxylic acids is 1. The summed E-state index contributed by atoms with van der Waals surface area (Å²) < 4.78 is 5.82. The number of fused-ring (bicyclic) bond motifs is 4. The molecule has 38 heavy (non-hydrogen) atoms. The Kier molecular flexibility index (Phi) is 7.56. The van der Waals surface area contributed by atoms with Crippen molar-refractivity contribution in [3.63, 3.8) is 0 Å². The highest BCUT2D eigenvalue weighted by Crippen LogP contribution is 2.72. The summed E-state index contributed by atoms with van der Waals surface area (Å²) in [5, 5.41) is 22.0. The molecule has 2 fully saturated rings. The number of aliphatic hydroxyl groups is 1. The minimum absolute atomic E-state index is 0.0459. The molecule has 214 valence electrons. The van der Waals surface area contributed by atoms with Crippen LogP contribution in [-0.4, -0.2) is 34.4 Å². The first kappa shape index (κ1) is 29.4. The van der Waals surface area contributed by atoms with Gasteiger partial charge < -0.3 is 14.9 Å². The van der Waals surface area contributed by atoms with E-state index in [2.05, 4.69) is 48.1 Å². The summed E-state index contributed by atoms with van der Waals surface area (Å²) in [4.78, 5) is 24.5. The molecule has 0 bridgehead atoms. The topological polar surface area (TPSA) is 83.8 Å². The average Bonchev–Trinajstić information content (AvgIpc) is 3.01. The molecular formula is C33H52O5. The number of aliphatic hydroxyl groups excluding tert-OH is 1. The maximum atomic E-state index is 12.7. The van der Waals surface area contributed by atoms with Crippen LogP contribution in [0.2, 0.25) is 0 Å². The molecule has 2 saturated carbocycles. The summed E-state index contributed by atoms with van der Waals surface area (Å²) in [5.74, 6) is -1.06. The van der Waals surface area contributed by atoms with E-state index < -0.39 is 18.0 Å². The molecule has 5 heteroatoms. The Morgan fingerprint density at radius 3 is 2.26 bits per heavy atom. The maximum absolute atomic E-state index is 12.7. The number of aliphatic carboxylic acids is 1. The highest BCUT2D eigenvalue weighted by molar-refractivity contribution is 5.71. The van der Waals surface area contributed by atoms with Crippen LogP contribution in [0.3, 0.4) is 0 Å². The van der Waals surface area contributed by atoms with Gasteiger partial charge in [0.15, 0.2) is 0 Å². The molecular weight excluding hydrogens is 476 g/mol. The van der Waals surface area contributed by atoms with E-state index in [4.69, 9.17) is 4.74 Å². The molecule has 5 nitrogen and oxygen atoms in total. The number of hydrogen-bond acceptors (Lipinski definition) is 4. The van der Waals surface area contributed by atoms with Crippen molar-refractivity contribution >= 4 is 11.9 Å². The third-order valence-electron chi connectivity index (χ3n) is 12.6. The number of rotatable bonds is 7. The molecule has 4 aliphatic rings. The van der Waals surface area contributed by atoms with Crippen molar-refractivity contribution in [2.45, 2.75) is 125 Å². The molecule has 9 atom stereocenters. The number of allylic oxidation sites excluding steroid dienone is 3. The number of esters is 1. The lowest BCUT2D eigenvalue weighted by Gasteiger charge is -2.62. The summed E-state index contributed by atoms with van der Waals surface area (Å²) in [6, 6.07) is 0. The summed E-state index contributed by atoms with van der Waals surface area (Å²) in [7, 11) is 0. The lowest BCUT2D eigenvalue weighted by molar-refractivity contribution is -0.167. The number of ether oxygens (including phenoxy) is 1. The van der Waals surface area contributed by atoms with E-state index in [9.17, 15) is 19.8 Å². The lowest BCUT2D eigenvalue weighted by atomic mass is 9.43. The van der Waals surface area contributed by atoms with Crippen molar-refractivity contribution < 1.29 is 24.5 Å². The molecule has 4 rings (SSSR count). The van der Waals surface area contributed by atoms with E-state index in [0.717, 1.165) is 50.5 Å². The zero-order valence-corrected chi connectivity index (χ0v) is 25.2. The molecule has 0 heterocycles. The Labute approximate surface area is 230 Å². The van der Waals surface area contributed by atoms with Crippen LogP contribution in [-0.2, 0) is 14.3 Å². The van der Waals surface area contributed by atoms with Crippen molar-refractivity contribution in [1.82, 2.24) is 0 Å². The SMILES string of the molecule is C=C(C)C(C)CC[C@@H](C(=O)O)C1[C@H](O)C[C@@]2(C)C3=C(CCC12C)C1(C)CC[C@@H](OC(C)=O)C(C)(C)[C@@H]1CC3.